The Labute approximate surface area is 241 Å². The quantitative estimate of drug-likeness (QED) is 0.219. The van der Waals surface area contributed by atoms with E-state index in [9.17, 15) is 0 Å². The molecule has 3 saturated carbocycles. The molecule has 0 spiro atoms. The third-order valence-corrected chi connectivity index (χ3v) is 13.4. The molecule has 9 N–H and O–H groups in total. The lowest BCUT2D eigenvalue weighted by molar-refractivity contribution is 0.172. The second kappa shape index (κ2) is 10.7. The molecule has 9 fully saturated rings. The predicted molar refractivity (Wildman–Crippen MR) is 156 cm³/mol. The van der Waals surface area contributed by atoms with Gasteiger partial charge in [-0.3, -0.25) is 42.5 Å². The molecule has 0 aromatic heterocycles. The summed E-state index contributed by atoms with van der Waals surface area (Å²) in [6.45, 7) is 1.15. The predicted octanol–water partition coefficient (Wildman–Crippen LogP) is 1.17. The number of nitrogens with one attached hydrogen (secondary N) is 9. The zero-order valence-corrected chi connectivity index (χ0v) is 24.3. The first-order chi connectivity index (χ1) is 19.8. The zero-order valence-electron chi connectivity index (χ0n) is 24.3. The molecule has 9 nitrogen and oxygen atoms in total. The molecule has 9 heteroatoms. The molecule has 6 saturated heterocycles. The van der Waals surface area contributed by atoms with Crippen molar-refractivity contribution in [2.24, 2.45) is 41.4 Å². The van der Waals surface area contributed by atoms with Crippen molar-refractivity contribution in [2.75, 3.05) is 6.54 Å². The van der Waals surface area contributed by atoms with Crippen LogP contribution in [0, 0.1) is 41.4 Å². The van der Waals surface area contributed by atoms with E-state index in [-0.39, 0.29) is 0 Å². The molecule has 8 bridgehead atoms. The highest BCUT2D eigenvalue weighted by Crippen LogP contribution is 2.44. The molecule has 6 heterocycles. The van der Waals surface area contributed by atoms with Crippen LogP contribution in [-0.4, -0.2) is 61.9 Å². The fourth-order valence-electron chi connectivity index (χ4n) is 11.6. The van der Waals surface area contributed by atoms with Crippen molar-refractivity contribution in [1.82, 2.24) is 47.9 Å². The number of piperidine rings is 1. The normalized spacial score (nSPS) is 57.6. The van der Waals surface area contributed by atoms with Crippen molar-refractivity contribution in [3.05, 3.63) is 0 Å². The van der Waals surface area contributed by atoms with Gasteiger partial charge in [0, 0.05) is 12.0 Å². The van der Waals surface area contributed by atoms with Gasteiger partial charge in [0.15, 0.2) is 0 Å². The molecule has 16 unspecified atom stereocenters. The maximum absolute atomic E-state index is 4.25. The first-order valence-electron chi connectivity index (χ1n) is 17.6. The highest BCUT2D eigenvalue weighted by atomic mass is 15.4. The summed E-state index contributed by atoms with van der Waals surface area (Å²) in [6.07, 6.45) is 22.2. The Morgan fingerprint density at radius 3 is 0.900 bits per heavy atom. The Bertz CT molecular complexity index is 711. The molecule has 16 atom stereocenters. The van der Waals surface area contributed by atoms with E-state index in [0.29, 0.717) is 61.3 Å². The zero-order chi connectivity index (χ0) is 26.2. The Hall–Kier alpha value is -0.360. The second-order valence-electron chi connectivity index (χ2n) is 15.3. The van der Waals surface area contributed by atoms with Crippen LogP contribution in [0.25, 0.3) is 0 Å². The van der Waals surface area contributed by atoms with Gasteiger partial charge in [0.1, 0.15) is 0 Å². The second-order valence-corrected chi connectivity index (χ2v) is 15.3. The van der Waals surface area contributed by atoms with Crippen LogP contribution in [0.2, 0.25) is 0 Å². The van der Waals surface area contributed by atoms with E-state index in [1.54, 1.807) is 0 Å². The maximum Gasteiger partial charge on any atom is 0.0757 e. The van der Waals surface area contributed by atoms with Crippen LogP contribution in [0.5, 0.6) is 0 Å². The summed E-state index contributed by atoms with van der Waals surface area (Å²) >= 11 is 0. The van der Waals surface area contributed by atoms with E-state index in [1.807, 2.05) is 0 Å². The van der Waals surface area contributed by atoms with E-state index < -0.39 is 0 Å². The molecule has 224 valence electrons. The Morgan fingerprint density at radius 1 is 0.275 bits per heavy atom. The molecular weight excluding hydrogens is 498 g/mol. The fourth-order valence-corrected chi connectivity index (χ4v) is 11.6. The van der Waals surface area contributed by atoms with Crippen LogP contribution in [0.3, 0.4) is 0 Å². The fraction of sp³-hybridized carbons (Fsp3) is 1.00. The highest BCUT2D eigenvalue weighted by Gasteiger charge is 2.54. The van der Waals surface area contributed by atoms with Crippen LogP contribution in [-0.2, 0) is 0 Å². The third-order valence-electron chi connectivity index (χ3n) is 13.4. The van der Waals surface area contributed by atoms with E-state index in [2.05, 4.69) is 47.9 Å². The van der Waals surface area contributed by atoms with Crippen LogP contribution < -0.4 is 47.9 Å². The summed E-state index contributed by atoms with van der Waals surface area (Å²) in [5.41, 5.74) is 0. The van der Waals surface area contributed by atoms with Gasteiger partial charge >= 0.3 is 0 Å². The molecule has 0 aromatic rings. The van der Waals surface area contributed by atoms with Crippen LogP contribution in [0.15, 0.2) is 0 Å². The SMILES string of the molecule is C1CCC2C3NC(NC4NC(NC5NC(NC6NC(N3)C3CCCCC63)C3NCCCC53)C3CCCCC43)C2C1. The van der Waals surface area contributed by atoms with Crippen molar-refractivity contribution < 1.29 is 0 Å². The summed E-state index contributed by atoms with van der Waals surface area (Å²) in [5, 5.41) is 37.5. The van der Waals surface area contributed by atoms with Gasteiger partial charge in [-0.2, -0.15) is 0 Å². The maximum atomic E-state index is 4.25. The molecule has 0 amide bonds. The summed E-state index contributed by atoms with van der Waals surface area (Å²) < 4.78 is 0. The van der Waals surface area contributed by atoms with Gasteiger partial charge in [0.25, 0.3) is 0 Å². The topological polar surface area (TPSA) is 108 Å². The molecule has 0 aromatic carbocycles. The lowest BCUT2D eigenvalue weighted by Crippen LogP contribution is -2.62. The molecule has 6 aliphatic heterocycles. The van der Waals surface area contributed by atoms with Crippen molar-refractivity contribution in [2.45, 2.75) is 145 Å². The van der Waals surface area contributed by atoms with Crippen molar-refractivity contribution >= 4 is 0 Å². The number of fused-ring (bicyclic) bond motifs is 20. The average Bonchev–Trinajstić information content (AvgIpc) is 3.73. The van der Waals surface area contributed by atoms with Gasteiger partial charge in [0.05, 0.1) is 49.3 Å². The number of rotatable bonds is 0. The number of hydrogen-bond acceptors (Lipinski definition) is 9. The standard InChI is InChI=1S/C31H55N9/c1-2-9-17-16(8-1)24-33-25(17)35-27-20-12-5-6-13-21(20)29(37-27)39-31-23-22(14-7-15-32-23)30(40-31)38-28-19-11-4-3-10-18(19)26(34-24)36-28/h16-40H,1-15H2. The smallest absolute Gasteiger partial charge is 0.0757 e. The first-order valence-corrected chi connectivity index (χ1v) is 17.6. The van der Waals surface area contributed by atoms with Gasteiger partial charge in [0.2, 0.25) is 0 Å². The summed E-state index contributed by atoms with van der Waals surface area (Å²) in [5.74, 6) is 5.01. The van der Waals surface area contributed by atoms with Gasteiger partial charge in [-0.25, -0.2) is 0 Å². The van der Waals surface area contributed by atoms with Gasteiger partial charge < -0.3 is 5.32 Å². The van der Waals surface area contributed by atoms with Crippen molar-refractivity contribution in [3.8, 4) is 0 Å². The lowest BCUT2D eigenvalue weighted by atomic mass is 9.77. The molecule has 9 rings (SSSR count). The van der Waals surface area contributed by atoms with Crippen LogP contribution in [0.1, 0.15) is 89.9 Å². The van der Waals surface area contributed by atoms with E-state index >= 15 is 0 Å². The minimum absolute atomic E-state index is 0.309. The Morgan fingerprint density at radius 2 is 0.550 bits per heavy atom. The van der Waals surface area contributed by atoms with Crippen LogP contribution >= 0.6 is 0 Å². The van der Waals surface area contributed by atoms with Gasteiger partial charge in [-0.05, 0) is 93.4 Å². The average molecular weight is 554 g/mol. The van der Waals surface area contributed by atoms with Crippen LogP contribution in [0.4, 0.5) is 0 Å². The Kier molecular flexibility index (Phi) is 6.95. The van der Waals surface area contributed by atoms with Crippen molar-refractivity contribution in [3.63, 3.8) is 0 Å². The summed E-state index contributed by atoms with van der Waals surface area (Å²) in [4.78, 5) is 0. The van der Waals surface area contributed by atoms with E-state index in [1.165, 1.54) is 89.9 Å². The molecule has 0 radical (unpaired) electrons. The largest absolute Gasteiger partial charge is 0.311 e. The highest BCUT2D eigenvalue weighted by molar-refractivity contribution is 5.09. The van der Waals surface area contributed by atoms with E-state index in [0.717, 1.165) is 42.1 Å². The van der Waals surface area contributed by atoms with Gasteiger partial charge in [-0.1, -0.05) is 38.5 Å². The van der Waals surface area contributed by atoms with Crippen molar-refractivity contribution in [1.29, 1.82) is 0 Å². The Balaban J connectivity index is 1.05. The monoisotopic (exact) mass is 553 g/mol. The summed E-state index contributed by atoms with van der Waals surface area (Å²) in [6, 6.07) is 0.496. The molecule has 9 aliphatic rings. The molecule has 40 heavy (non-hydrogen) atoms. The lowest BCUT2D eigenvalue weighted by Gasteiger charge is -2.35. The third kappa shape index (κ3) is 4.36. The molecule has 3 aliphatic carbocycles. The number of hydrogen-bond donors (Lipinski definition) is 9. The summed E-state index contributed by atoms with van der Waals surface area (Å²) in [7, 11) is 0. The minimum atomic E-state index is 0.309. The van der Waals surface area contributed by atoms with Gasteiger partial charge in [-0.15, -0.1) is 0 Å². The minimum Gasteiger partial charge on any atom is -0.311 e. The first kappa shape index (κ1) is 26.1. The molecular formula is C31H55N9. The van der Waals surface area contributed by atoms with E-state index in [4.69, 9.17) is 0 Å².